The lowest BCUT2D eigenvalue weighted by Gasteiger charge is -2.08. The summed E-state index contributed by atoms with van der Waals surface area (Å²) in [5, 5.41) is 0.500. The van der Waals surface area contributed by atoms with Crippen LogP contribution in [-0.4, -0.2) is 9.97 Å². The second-order valence-corrected chi connectivity index (χ2v) is 4.29. The first-order valence-corrected chi connectivity index (χ1v) is 5.79. The maximum Gasteiger partial charge on any atom is 0.240 e. The number of hydrogen-bond donors (Lipinski definition) is 2. The van der Waals surface area contributed by atoms with E-state index in [-0.39, 0.29) is 5.95 Å². The Labute approximate surface area is 111 Å². The Hall–Kier alpha value is -1.37. The zero-order valence-electron chi connectivity index (χ0n) is 8.52. The van der Waals surface area contributed by atoms with Crippen molar-refractivity contribution in [2.75, 3.05) is 5.43 Å². The number of nitrogens with one attached hydrogen (secondary N) is 1. The van der Waals surface area contributed by atoms with Crippen LogP contribution in [0.4, 0.5) is 5.95 Å². The third-order valence-corrected chi connectivity index (χ3v) is 2.74. The minimum atomic E-state index is 0.259. The molecule has 0 unspecified atom stereocenters. The number of benzene rings is 1. The molecule has 0 fully saturated rings. The highest BCUT2D eigenvalue weighted by Gasteiger charge is 2.08. The van der Waals surface area contributed by atoms with E-state index in [0.29, 0.717) is 21.1 Å². The molecule has 7 heteroatoms. The number of ether oxygens (including phenoxy) is 1. The van der Waals surface area contributed by atoms with E-state index >= 15 is 0 Å². The van der Waals surface area contributed by atoms with Gasteiger partial charge in [-0.05, 0) is 28.1 Å². The van der Waals surface area contributed by atoms with Crippen LogP contribution in [0.3, 0.4) is 0 Å². The maximum atomic E-state index is 5.98. The van der Waals surface area contributed by atoms with Gasteiger partial charge in [-0.3, -0.25) is 5.43 Å². The second kappa shape index (κ2) is 5.31. The second-order valence-electron chi connectivity index (χ2n) is 3.02. The van der Waals surface area contributed by atoms with Gasteiger partial charge in [0.05, 0.1) is 15.7 Å². The van der Waals surface area contributed by atoms with E-state index in [2.05, 4.69) is 31.3 Å². The maximum absolute atomic E-state index is 5.98. The van der Waals surface area contributed by atoms with E-state index < -0.39 is 0 Å². The van der Waals surface area contributed by atoms with Crippen LogP contribution in [-0.2, 0) is 0 Å². The topological polar surface area (TPSA) is 73.1 Å². The molecule has 0 spiro atoms. The van der Waals surface area contributed by atoms with Crippen LogP contribution >= 0.6 is 27.5 Å². The van der Waals surface area contributed by atoms with Crippen LogP contribution in [0.5, 0.6) is 11.6 Å². The average Bonchev–Trinajstić information content (AvgIpc) is 2.35. The first-order valence-electron chi connectivity index (χ1n) is 4.62. The summed E-state index contributed by atoms with van der Waals surface area (Å²) < 4.78 is 6.16. The summed E-state index contributed by atoms with van der Waals surface area (Å²) in [6.07, 6.45) is 1.54. The van der Waals surface area contributed by atoms with Crippen LogP contribution in [0.2, 0.25) is 5.02 Å². The molecule has 17 heavy (non-hydrogen) atoms. The smallest absolute Gasteiger partial charge is 0.240 e. The number of hydrogen-bond acceptors (Lipinski definition) is 5. The molecule has 1 heterocycles. The Bertz CT molecular complexity index is 537. The Balaban J connectivity index is 2.32. The van der Waals surface area contributed by atoms with E-state index in [1.165, 1.54) is 6.20 Å². The lowest BCUT2D eigenvalue weighted by molar-refractivity contribution is 0.459. The molecule has 1 aromatic heterocycles. The van der Waals surface area contributed by atoms with E-state index in [1.54, 1.807) is 12.1 Å². The number of rotatable bonds is 3. The summed E-state index contributed by atoms with van der Waals surface area (Å²) in [5.74, 6) is 6.32. The number of hydrazine groups is 1. The fourth-order valence-electron chi connectivity index (χ4n) is 1.12. The summed E-state index contributed by atoms with van der Waals surface area (Å²) in [4.78, 5) is 7.97. The molecular formula is C10H8BrClN4O. The van der Waals surface area contributed by atoms with Gasteiger partial charge in [-0.1, -0.05) is 23.7 Å². The number of aromatic nitrogens is 2. The zero-order chi connectivity index (χ0) is 12.3. The lowest BCUT2D eigenvalue weighted by atomic mass is 10.3. The van der Waals surface area contributed by atoms with Crippen molar-refractivity contribution in [2.24, 2.45) is 5.84 Å². The van der Waals surface area contributed by atoms with Crippen LogP contribution in [0.25, 0.3) is 0 Å². The molecule has 0 atom stereocenters. The van der Waals surface area contributed by atoms with Gasteiger partial charge >= 0.3 is 0 Å². The Kier molecular flexibility index (Phi) is 3.78. The van der Waals surface area contributed by atoms with Crippen molar-refractivity contribution in [3.63, 3.8) is 0 Å². The first-order chi connectivity index (χ1) is 8.20. The van der Waals surface area contributed by atoms with Crippen LogP contribution in [0.15, 0.2) is 34.9 Å². The average molecular weight is 316 g/mol. The van der Waals surface area contributed by atoms with Crippen molar-refractivity contribution in [1.82, 2.24) is 9.97 Å². The van der Waals surface area contributed by atoms with Gasteiger partial charge in [0, 0.05) is 0 Å². The molecule has 0 radical (unpaired) electrons. The predicted molar refractivity (Wildman–Crippen MR) is 69.1 cm³/mol. The molecule has 0 aliphatic rings. The highest BCUT2D eigenvalue weighted by Crippen LogP contribution is 2.31. The van der Waals surface area contributed by atoms with Gasteiger partial charge in [0.25, 0.3) is 0 Å². The first kappa shape index (κ1) is 12.1. The number of nitrogens with two attached hydrogens (primary N) is 1. The summed E-state index contributed by atoms with van der Waals surface area (Å²) in [6.45, 7) is 0. The predicted octanol–water partition coefficient (Wildman–Crippen LogP) is 2.97. The third kappa shape index (κ3) is 2.85. The molecule has 2 aromatic rings. The summed E-state index contributed by atoms with van der Waals surface area (Å²) >= 11 is 9.26. The Morgan fingerprint density at radius 1 is 1.35 bits per heavy atom. The largest absolute Gasteiger partial charge is 0.436 e. The van der Waals surface area contributed by atoms with Gasteiger partial charge in [-0.25, -0.2) is 10.8 Å². The summed E-state index contributed by atoms with van der Waals surface area (Å²) in [6, 6.07) is 7.11. The minimum absolute atomic E-state index is 0.259. The molecule has 1 aromatic carbocycles. The monoisotopic (exact) mass is 314 g/mol. The van der Waals surface area contributed by atoms with E-state index in [1.807, 2.05) is 12.1 Å². The van der Waals surface area contributed by atoms with Crippen molar-refractivity contribution >= 4 is 33.5 Å². The third-order valence-electron chi connectivity index (χ3n) is 1.88. The molecule has 0 aliphatic carbocycles. The van der Waals surface area contributed by atoms with Crippen molar-refractivity contribution < 1.29 is 4.74 Å². The molecule has 0 saturated carbocycles. The van der Waals surface area contributed by atoms with Gasteiger partial charge in [-0.15, -0.1) is 0 Å². The zero-order valence-corrected chi connectivity index (χ0v) is 10.9. The molecule has 0 saturated heterocycles. The van der Waals surface area contributed by atoms with Gasteiger partial charge in [0.2, 0.25) is 11.8 Å². The fraction of sp³-hybridized carbons (Fsp3) is 0. The Morgan fingerprint density at radius 2 is 2.12 bits per heavy atom. The van der Waals surface area contributed by atoms with Gasteiger partial charge in [0.1, 0.15) is 5.75 Å². The summed E-state index contributed by atoms with van der Waals surface area (Å²) in [7, 11) is 0. The molecule has 5 nitrogen and oxygen atoms in total. The Morgan fingerprint density at radius 3 is 2.82 bits per heavy atom. The van der Waals surface area contributed by atoms with E-state index in [0.717, 1.165) is 0 Å². The molecule has 88 valence electrons. The van der Waals surface area contributed by atoms with Crippen LogP contribution in [0, 0.1) is 0 Å². The SMILES string of the molecule is NNc1ncc(Br)c(Oc2ccccc2Cl)n1. The van der Waals surface area contributed by atoms with Crippen molar-refractivity contribution in [3.05, 3.63) is 40.0 Å². The highest BCUT2D eigenvalue weighted by atomic mass is 79.9. The fourth-order valence-corrected chi connectivity index (χ4v) is 1.57. The number of nitrogens with zero attached hydrogens (tertiary/aromatic N) is 2. The van der Waals surface area contributed by atoms with Gasteiger partial charge in [-0.2, -0.15) is 4.98 Å². The van der Waals surface area contributed by atoms with Crippen LogP contribution in [0.1, 0.15) is 0 Å². The molecule has 0 bridgehead atoms. The van der Waals surface area contributed by atoms with E-state index in [4.69, 9.17) is 22.2 Å². The summed E-state index contributed by atoms with van der Waals surface area (Å²) in [5.41, 5.74) is 2.34. The lowest BCUT2D eigenvalue weighted by Crippen LogP contribution is -2.10. The normalized spacial score (nSPS) is 10.1. The van der Waals surface area contributed by atoms with Gasteiger partial charge < -0.3 is 4.74 Å². The van der Waals surface area contributed by atoms with Crippen molar-refractivity contribution in [3.8, 4) is 11.6 Å². The van der Waals surface area contributed by atoms with Crippen molar-refractivity contribution in [1.29, 1.82) is 0 Å². The quantitative estimate of drug-likeness (QED) is 0.673. The molecular weight excluding hydrogens is 307 g/mol. The molecule has 0 amide bonds. The molecule has 2 rings (SSSR count). The standard InChI is InChI=1S/C10H8BrClN4O/c11-6-5-14-10(16-13)15-9(6)17-8-4-2-1-3-7(8)12/h1-5H,13H2,(H,14,15,16). The molecule has 3 N–H and O–H groups in total. The van der Waals surface area contributed by atoms with E-state index in [9.17, 15) is 0 Å². The molecule has 0 aliphatic heterocycles. The minimum Gasteiger partial charge on any atom is -0.436 e. The van der Waals surface area contributed by atoms with Gasteiger partial charge in [0.15, 0.2) is 0 Å². The highest BCUT2D eigenvalue weighted by molar-refractivity contribution is 9.10. The number of halogens is 2. The van der Waals surface area contributed by atoms with Crippen molar-refractivity contribution in [2.45, 2.75) is 0 Å². The number of anilines is 1. The number of nitrogen functional groups attached to an aromatic ring is 1. The number of para-hydroxylation sites is 1. The van der Waals surface area contributed by atoms with Crippen LogP contribution < -0.4 is 16.0 Å².